The van der Waals surface area contributed by atoms with Crippen molar-refractivity contribution in [1.29, 1.82) is 0 Å². The first-order valence-electron chi connectivity index (χ1n) is 29.7. The Kier molecular flexibility index (Phi) is 56.4. The molecule has 0 spiro atoms. The summed E-state index contributed by atoms with van der Waals surface area (Å²) >= 11 is 0. The van der Waals surface area contributed by atoms with Crippen LogP contribution in [-0.2, 0) is 28.6 Å². The fourth-order valence-electron chi connectivity index (χ4n) is 7.66. The second-order valence-corrected chi connectivity index (χ2v) is 19.2. The molecule has 0 bridgehead atoms. The highest BCUT2D eigenvalue weighted by Gasteiger charge is 2.19. The summed E-state index contributed by atoms with van der Waals surface area (Å²) in [5, 5.41) is 0. The lowest BCUT2D eigenvalue weighted by Crippen LogP contribution is -2.30. The van der Waals surface area contributed by atoms with E-state index in [2.05, 4.69) is 154 Å². The average molecular weight is 1010 g/mol. The van der Waals surface area contributed by atoms with Gasteiger partial charge in [-0.1, -0.05) is 225 Å². The van der Waals surface area contributed by atoms with E-state index in [0.29, 0.717) is 19.3 Å². The molecule has 73 heavy (non-hydrogen) atoms. The van der Waals surface area contributed by atoms with Crippen LogP contribution in [0.5, 0.6) is 0 Å². The summed E-state index contributed by atoms with van der Waals surface area (Å²) in [6.07, 6.45) is 84.3. The van der Waals surface area contributed by atoms with Gasteiger partial charge in [0.2, 0.25) is 0 Å². The molecule has 1 atom stereocenters. The Hall–Kier alpha value is -4.45. The highest BCUT2D eigenvalue weighted by atomic mass is 16.6. The second kappa shape index (κ2) is 60.1. The summed E-state index contributed by atoms with van der Waals surface area (Å²) < 4.78 is 16.8. The molecule has 0 aromatic rings. The van der Waals surface area contributed by atoms with Crippen LogP contribution in [-0.4, -0.2) is 37.2 Å². The van der Waals surface area contributed by atoms with Gasteiger partial charge in [-0.25, -0.2) is 0 Å². The van der Waals surface area contributed by atoms with Crippen LogP contribution in [0.25, 0.3) is 0 Å². The number of allylic oxidation sites excluding steroid dienone is 22. The van der Waals surface area contributed by atoms with Crippen molar-refractivity contribution in [2.75, 3.05) is 13.2 Å². The quantitative estimate of drug-likeness (QED) is 0.0261. The molecule has 0 rings (SSSR count). The third-order valence-electron chi connectivity index (χ3n) is 12.1. The van der Waals surface area contributed by atoms with Crippen molar-refractivity contribution in [2.24, 2.45) is 0 Å². The van der Waals surface area contributed by atoms with Crippen LogP contribution in [0.1, 0.15) is 252 Å². The summed E-state index contributed by atoms with van der Waals surface area (Å²) in [5.41, 5.74) is 0. The first-order chi connectivity index (χ1) is 36.0. The summed E-state index contributed by atoms with van der Waals surface area (Å²) in [6.45, 7) is 6.41. The van der Waals surface area contributed by atoms with Crippen molar-refractivity contribution in [3.05, 3.63) is 134 Å². The summed E-state index contributed by atoms with van der Waals surface area (Å²) in [4.78, 5) is 38.2. The van der Waals surface area contributed by atoms with Crippen molar-refractivity contribution in [3.8, 4) is 0 Å². The zero-order valence-corrected chi connectivity index (χ0v) is 47.1. The van der Waals surface area contributed by atoms with Crippen LogP contribution in [0, 0.1) is 0 Å². The molecule has 0 saturated carbocycles. The average Bonchev–Trinajstić information content (AvgIpc) is 3.39. The second-order valence-electron chi connectivity index (χ2n) is 19.2. The van der Waals surface area contributed by atoms with E-state index in [4.69, 9.17) is 14.2 Å². The van der Waals surface area contributed by atoms with Gasteiger partial charge in [0.25, 0.3) is 0 Å². The predicted molar refractivity (Wildman–Crippen MR) is 316 cm³/mol. The van der Waals surface area contributed by atoms with Crippen molar-refractivity contribution in [2.45, 2.75) is 258 Å². The molecule has 0 fully saturated rings. The summed E-state index contributed by atoms with van der Waals surface area (Å²) in [6, 6.07) is 0. The van der Waals surface area contributed by atoms with Gasteiger partial charge < -0.3 is 14.2 Å². The lowest BCUT2D eigenvalue weighted by molar-refractivity contribution is -0.167. The molecule has 0 aliphatic rings. The standard InChI is InChI=1S/C67H108O6/c1-4-7-10-13-16-19-22-25-28-31-33-36-39-42-45-48-51-54-57-60-66(69)72-63-64(62-71-65(68)59-56-53-50-47-44-41-38-35-30-27-24-21-18-15-12-9-6-3)73-67(70)61-58-55-52-49-46-43-40-37-34-32-29-26-23-20-17-14-11-8-5-2/h7,10,16-21,25-30,33-34,36-37,42-43,45-46,64H,4-6,8-9,11-15,22-24,31-32,35,38-41,44,47-63H2,1-3H3/b10-7-,19-16-,20-17-,21-18-,28-25-,29-26-,30-27-,36-33-,37-34-,45-42-,46-43-/t64-/m1/s1. The van der Waals surface area contributed by atoms with E-state index in [0.717, 1.165) is 128 Å². The maximum Gasteiger partial charge on any atom is 0.306 e. The zero-order valence-electron chi connectivity index (χ0n) is 47.1. The number of rotatable bonds is 52. The van der Waals surface area contributed by atoms with Gasteiger partial charge in [-0.3, -0.25) is 14.4 Å². The van der Waals surface area contributed by atoms with E-state index in [-0.39, 0.29) is 37.5 Å². The molecule has 0 aromatic carbocycles. The Balaban J connectivity index is 4.55. The fourth-order valence-corrected chi connectivity index (χ4v) is 7.66. The Morgan fingerprint density at radius 3 is 0.849 bits per heavy atom. The molecule has 0 saturated heterocycles. The molecule has 412 valence electrons. The van der Waals surface area contributed by atoms with Gasteiger partial charge in [-0.2, -0.15) is 0 Å². The van der Waals surface area contributed by atoms with Gasteiger partial charge in [0, 0.05) is 19.3 Å². The number of carbonyl (C=O) groups is 3. The maximum atomic E-state index is 12.9. The largest absolute Gasteiger partial charge is 0.462 e. The summed E-state index contributed by atoms with van der Waals surface area (Å²) in [5.74, 6) is -0.984. The molecule has 6 heteroatoms. The molecule has 0 aliphatic heterocycles. The predicted octanol–water partition coefficient (Wildman–Crippen LogP) is 20.2. The molecular formula is C67H108O6. The molecule has 0 N–H and O–H groups in total. The molecule has 6 nitrogen and oxygen atoms in total. The fraction of sp³-hybridized carbons (Fsp3) is 0.627. The van der Waals surface area contributed by atoms with E-state index < -0.39 is 6.10 Å². The van der Waals surface area contributed by atoms with Gasteiger partial charge in [0.15, 0.2) is 6.10 Å². The Morgan fingerprint density at radius 1 is 0.288 bits per heavy atom. The van der Waals surface area contributed by atoms with Crippen LogP contribution in [0.15, 0.2) is 134 Å². The number of carbonyl (C=O) groups excluding carboxylic acids is 3. The number of esters is 3. The number of unbranched alkanes of at least 4 members (excludes halogenated alkanes) is 19. The molecular weight excluding hydrogens is 901 g/mol. The SMILES string of the molecule is CC/C=C\C/C=C\C/C=C\C/C=C\C/C=C\CCCCCC(=O)OC[C@@H](COC(=O)CCCCCCCCC/C=C\C/C=C\CCCCC)OC(=O)CCCCC/C=C\C/C=C\C/C=C\C/C=C\CCCCC. The van der Waals surface area contributed by atoms with E-state index in [9.17, 15) is 14.4 Å². The molecule has 0 radical (unpaired) electrons. The summed E-state index contributed by atoms with van der Waals surface area (Å²) in [7, 11) is 0. The van der Waals surface area contributed by atoms with Crippen molar-refractivity contribution < 1.29 is 28.6 Å². The third kappa shape index (κ3) is 58.3. The minimum Gasteiger partial charge on any atom is -0.462 e. The van der Waals surface area contributed by atoms with Gasteiger partial charge in [-0.15, -0.1) is 0 Å². The van der Waals surface area contributed by atoms with Gasteiger partial charge in [0.05, 0.1) is 0 Å². The first kappa shape index (κ1) is 68.6. The third-order valence-corrected chi connectivity index (χ3v) is 12.1. The van der Waals surface area contributed by atoms with Crippen LogP contribution in [0.3, 0.4) is 0 Å². The minimum absolute atomic E-state index is 0.110. The van der Waals surface area contributed by atoms with Crippen LogP contribution >= 0.6 is 0 Å². The Labute approximate surface area is 449 Å². The lowest BCUT2D eigenvalue weighted by Gasteiger charge is -2.18. The van der Waals surface area contributed by atoms with E-state index in [1.807, 2.05) is 0 Å². The monoisotopic (exact) mass is 1010 g/mol. The molecule has 0 heterocycles. The highest BCUT2D eigenvalue weighted by molar-refractivity contribution is 5.71. The number of ether oxygens (including phenoxy) is 3. The maximum absolute atomic E-state index is 12.9. The van der Waals surface area contributed by atoms with E-state index in [1.165, 1.54) is 77.0 Å². The van der Waals surface area contributed by atoms with E-state index >= 15 is 0 Å². The van der Waals surface area contributed by atoms with Gasteiger partial charge in [-0.05, 0) is 141 Å². The Bertz CT molecular complexity index is 1580. The van der Waals surface area contributed by atoms with Crippen molar-refractivity contribution >= 4 is 17.9 Å². The topological polar surface area (TPSA) is 78.9 Å². The number of hydrogen-bond acceptors (Lipinski definition) is 6. The lowest BCUT2D eigenvalue weighted by atomic mass is 10.1. The molecule has 0 amide bonds. The smallest absolute Gasteiger partial charge is 0.306 e. The van der Waals surface area contributed by atoms with Gasteiger partial charge in [0.1, 0.15) is 13.2 Å². The normalized spacial score (nSPS) is 13.1. The van der Waals surface area contributed by atoms with Crippen LogP contribution in [0.2, 0.25) is 0 Å². The zero-order chi connectivity index (χ0) is 52.9. The first-order valence-corrected chi connectivity index (χ1v) is 29.7. The van der Waals surface area contributed by atoms with Crippen LogP contribution in [0.4, 0.5) is 0 Å². The van der Waals surface area contributed by atoms with E-state index in [1.54, 1.807) is 0 Å². The van der Waals surface area contributed by atoms with Crippen LogP contribution < -0.4 is 0 Å². The van der Waals surface area contributed by atoms with Gasteiger partial charge >= 0.3 is 17.9 Å². The number of hydrogen-bond donors (Lipinski definition) is 0. The highest BCUT2D eigenvalue weighted by Crippen LogP contribution is 2.13. The minimum atomic E-state index is -0.818. The van der Waals surface area contributed by atoms with Crippen molar-refractivity contribution in [3.63, 3.8) is 0 Å². The van der Waals surface area contributed by atoms with Crippen molar-refractivity contribution in [1.82, 2.24) is 0 Å². The molecule has 0 aromatic heterocycles. The molecule has 0 unspecified atom stereocenters. The Morgan fingerprint density at radius 2 is 0.534 bits per heavy atom. The molecule has 0 aliphatic carbocycles.